The van der Waals surface area contributed by atoms with E-state index in [1.807, 2.05) is 38.1 Å². The molecule has 3 aromatic rings. The van der Waals surface area contributed by atoms with Crippen LogP contribution in [0.2, 0.25) is 0 Å². The zero-order valence-corrected chi connectivity index (χ0v) is 15.3. The molecule has 0 bridgehead atoms. The van der Waals surface area contributed by atoms with Crippen molar-refractivity contribution in [2.75, 3.05) is 11.1 Å². The minimum Gasteiger partial charge on any atom is -0.310 e. The minimum atomic E-state index is -0.269. The van der Waals surface area contributed by atoms with E-state index in [4.69, 9.17) is 5.10 Å². The van der Waals surface area contributed by atoms with Crippen LogP contribution in [-0.2, 0) is 4.79 Å². The fourth-order valence-electron chi connectivity index (χ4n) is 3.26. The van der Waals surface area contributed by atoms with E-state index in [1.54, 1.807) is 16.8 Å². The van der Waals surface area contributed by atoms with Crippen LogP contribution in [0.25, 0.3) is 5.69 Å². The van der Waals surface area contributed by atoms with E-state index in [-0.39, 0.29) is 17.0 Å². The van der Waals surface area contributed by atoms with Gasteiger partial charge in [0.15, 0.2) is 0 Å². The highest BCUT2D eigenvalue weighted by molar-refractivity contribution is 8.00. The zero-order valence-electron chi connectivity index (χ0n) is 14.5. The molecule has 4 nitrogen and oxygen atoms in total. The molecule has 26 heavy (non-hydrogen) atoms. The van der Waals surface area contributed by atoms with Crippen molar-refractivity contribution < 1.29 is 9.18 Å². The van der Waals surface area contributed by atoms with Gasteiger partial charge >= 0.3 is 0 Å². The molecule has 1 aromatic heterocycles. The Bertz CT molecular complexity index is 981. The van der Waals surface area contributed by atoms with E-state index in [0.717, 1.165) is 28.1 Å². The van der Waals surface area contributed by atoms with Crippen LogP contribution in [0, 0.1) is 19.7 Å². The summed E-state index contributed by atoms with van der Waals surface area (Å²) in [7, 11) is 0. The number of halogens is 1. The summed E-state index contributed by atoms with van der Waals surface area (Å²) in [6, 6.07) is 14.4. The number of fused-ring (bicyclic) bond motifs is 1. The van der Waals surface area contributed by atoms with Gasteiger partial charge in [-0.1, -0.05) is 30.3 Å². The van der Waals surface area contributed by atoms with Crippen molar-refractivity contribution in [1.29, 1.82) is 0 Å². The highest BCUT2D eigenvalue weighted by Crippen LogP contribution is 2.43. The average Bonchev–Trinajstić information content (AvgIpc) is 2.82. The number of nitrogens with one attached hydrogen (secondary N) is 1. The van der Waals surface area contributed by atoms with E-state index in [1.165, 1.54) is 23.9 Å². The van der Waals surface area contributed by atoms with Gasteiger partial charge in [0.05, 0.1) is 22.4 Å². The molecule has 4 rings (SSSR count). The molecule has 0 saturated carbocycles. The number of thioether (sulfide) groups is 1. The van der Waals surface area contributed by atoms with Crippen LogP contribution in [0.5, 0.6) is 0 Å². The highest BCUT2D eigenvalue weighted by atomic mass is 32.2. The molecule has 132 valence electrons. The first-order valence-electron chi connectivity index (χ1n) is 8.37. The molecule has 1 atom stereocenters. The second-order valence-corrected chi connectivity index (χ2v) is 7.43. The Balaban J connectivity index is 1.91. The molecule has 6 heteroatoms. The summed E-state index contributed by atoms with van der Waals surface area (Å²) >= 11 is 1.53. The molecular formula is C20H18FN3OS. The topological polar surface area (TPSA) is 46.9 Å². The van der Waals surface area contributed by atoms with Gasteiger partial charge in [-0.25, -0.2) is 9.07 Å². The van der Waals surface area contributed by atoms with Gasteiger partial charge in [0.1, 0.15) is 11.6 Å². The smallest absolute Gasteiger partial charge is 0.235 e. The molecular weight excluding hydrogens is 349 g/mol. The number of carbonyl (C=O) groups is 1. The van der Waals surface area contributed by atoms with Crippen molar-refractivity contribution >= 4 is 23.5 Å². The van der Waals surface area contributed by atoms with Crippen LogP contribution in [0.4, 0.5) is 10.2 Å². The Kier molecular flexibility index (Phi) is 4.28. The normalized spacial score (nSPS) is 16.7. The molecule has 0 saturated heterocycles. The van der Waals surface area contributed by atoms with Gasteiger partial charge in [0.25, 0.3) is 0 Å². The van der Waals surface area contributed by atoms with Crippen LogP contribution < -0.4 is 5.32 Å². The Labute approximate surface area is 155 Å². The number of hydrogen-bond acceptors (Lipinski definition) is 3. The van der Waals surface area contributed by atoms with E-state index < -0.39 is 0 Å². The number of anilines is 1. The Hall–Kier alpha value is -2.60. The monoisotopic (exact) mass is 367 g/mol. The lowest BCUT2D eigenvalue weighted by Crippen LogP contribution is -2.16. The quantitative estimate of drug-likeness (QED) is 0.730. The van der Waals surface area contributed by atoms with E-state index >= 15 is 0 Å². The van der Waals surface area contributed by atoms with Crippen LogP contribution in [0.1, 0.15) is 27.6 Å². The Morgan fingerprint density at radius 2 is 1.88 bits per heavy atom. The molecule has 1 aliphatic rings. The number of amides is 1. The number of rotatable bonds is 2. The Morgan fingerprint density at radius 3 is 2.62 bits per heavy atom. The van der Waals surface area contributed by atoms with Crippen LogP contribution in [0.15, 0.2) is 48.5 Å². The van der Waals surface area contributed by atoms with E-state index in [2.05, 4.69) is 5.32 Å². The van der Waals surface area contributed by atoms with Gasteiger partial charge in [-0.05, 0) is 43.2 Å². The number of benzene rings is 2. The molecule has 1 amide bonds. The largest absolute Gasteiger partial charge is 0.310 e. The number of aromatic nitrogens is 2. The van der Waals surface area contributed by atoms with Gasteiger partial charge < -0.3 is 5.32 Å². The van der Waals surface area contributed by atoms with Crippen molar-refractivity contribution in [3.63, 3.8) is 0 Å². The van der Waals surface area contributed by atoms with Gasteiger partial charge in [-0.15, -0.1) is 11.8 Å². The second kappa shape index (κ2) is 6.61. The first-order chi connectivity index (χ1) is 12.5. The first kappa shape index (κ1) is 16.8. The number of nitrogens with zero attached hydrogens (tertiary/aromatic N) is 2. The summed E-state index contributed by atoms with van der Waals surface area (Å²) in [5, 5.41) is 7.64. The molecule has 1 N–H and O–H groups in total. The van der Waals surface area contributed by atoms with Crippen molar-refractivity contribution in [3.05, 3.63) is 76.7 Å². The summed E-state index contributed by atoms with van der Waals surface area (Å²) in [5.74, 6) is 0.704. The van der Waals surface area contributed by atoms with Gasteiger partial charge in [0, 0.05) is 5.56 Å². The van der Waals surface area contributed by atoms with Crippen molar-refractivity contribution in [2.24, 2.45) is 0 Å². The zero-order chi connectivity index (χ0) is 18.3. The fraction of sp³-hybridized carbons (Fsp3) is 0.200. The van der Waals surface area contributed by atoms with Crippen molar-refractivity contribution in [1.82, 2.24) is 9.78 Å². The maximum Gasteiger partial charge on any atom is 0.235 e. The minimum absolute atomic E-state index is 0.0596. The summed E-state index contributed by atoms with van der Waals surface area (Å²) in [6.07, 6.45) is 0. The molecule has 2 heterocycles. The van der Waals surface area contributed by atoms with E-state index in [9.17, 15) is 9.18 Å². The van der Waals surface area contributed by atoms with E-state index in [0.29, 0.717) is 11.6 Å². The second-order valence-electron chi connectivity index (χ2n) is 6.34. The van der Waals surface area contributed by atoms with Crippen LogP contribution >= 0.6 is 11.8 Å². The molecule has 2 aromatic carbocycles. The number of hydrogen-bond donors (Lipinski definition) is 1. The third kappa shape index (κ3) is 2.90. The predicted octanol–water partition coefficient (Wildman–Crippen LogP) is 4.40. The summed E-state index contributed by atoms with van der Waals surface area (Å²) < 4.78 is 15.2. The van der Waals surface area contributed by atoms with Crippen molar-refractivity contribution in [3.8, 4) is 5.69 Å². The third-order valence-corrected chi connectivity index (χ3v) is 5.79. The number of carbonyl (C=O) groups excluding carboxylic acids is 1. The molecule has 0 aliphatic carbocycles. The summed E-state index contributed by atoms with van der Waals surface area (Å²) in [4.78, 5) is 12.3. The maximum absolute atomic E-state index is 13.4. The number of aryl methyl sites for hydroxylation is 2. The predicted molar refractivity (Wildman–Crippen MR) is 102 cm³/mol. The SMILES string of the molecule is Cc1ccccc1-n1nc(C)c2c1NC(=O)CS[C@H]2c1ccc(F)cc1. The summed E-state index contributed by atoms with van der Waals surface area (Å²) in [6.45, 7) is 3.96. The van der Waals surface area contributed by atoms with Gasteiger partial charge in [-0.3, -0.25) is 4.79 Å². The lowest BCUT2D eigenvalue weighted by molar-refractivity contribution is -0.113. The lowest BCUT2D eigenvalue weighted by atomic mass is 10.0. The van der Waals surface area contributed by atoms with Crippen molar-refractivity contribution in [2.45, 2.75) is 19.1 Å². The molecule has 0 fully saturated rings. The average molecular weight is 367 g/mol. The molecule has 1 aliphatic heterocycles. The highest BCUT2D eigenvalue weighted by Gasteiger charge is 2.30. The third-order valence-electron chi connectivity index (χ3n) is 4.52. The molecule has 0 unspecified atom stereocenters. The number of para-hydroxylation sites is 1. The lowest BCUT2D eigenvalue weighted by Gasteiger charge is -2.15. The Morgan fingerprint density at radius 1 is 1.15 bits per heavy atom. The van der Waals surface area contributed by atoms with Gasteiger partial charge in [0.2, 0.25) is 5.91 Å². The van der Waals surface area contributed by atoms with Crippen LogP contribution in [0.3, 0.4) is 0 Å². The molecule has 0 radical (unpaired) electrons. The maximum atomic E-state index is 13.4. The fourth-order valence-corrected chi connectivity index (χ4v) is 4.45. The van der Waals surface area contributed by atoms with Crippen LogP contribution in [-0.4, -0.2) is 21.4 Å². The standard InChI is InChI=1S/C20H18FN3OS/c1-12-5-3-4-6-16(12)24-20-18(13(2)23-24)19(26-11-17(25)22-20)14-7-9-15(21)10-8-14/h3-10,19H,11H2,1-2H3,(H,22,25)/t19-/m0/s1. The van der Waals surface area contributed by atoms with Gasteiger partial charge in [-0.2, -0.15) is 5.10 Å². The summed E-state index contributed by atoms with van der Waals surface area (Å²) in [5.41, 5.74) is 4.79. The molecule has 0 spiro atoms. The first-order valence-corrected chi connectivity index (χ1v) is 9.42.